The molecule has 0 spiro atoms. The summed E-state index contributed by atoms with van der Waals surface area (Å²) < 4.78 is 5.46. The number of nitrogens with zero attached hydrogens (tertiary/aromatic N) is 4. The zero-order valence-electron chi connectivity index (χ0n) is 19.8. The summed E-state index contributed by atoms with van der Waals surface area (Å²) in [5, 5.41) is 11.0. The largest absolute Gasteiger partial charge is 0.361 e. The van der Waals surface area contributed by atoms with Crippen molar-refractivity contribution >= 4 is 29.9 Å². The van der Waals surface area contributed by atoms with Crippen LogP contribution in [0.3, 0.4) is 0 Å². The quantitative estimate of drug-likeness (QED) is 0.267. The topological polar surface area (TPSA) is 68.9 Å². The van der Waals surface area contributed by atoms with E-state index < -0.39 is 0 Å². The van der Waals surface area contributed by atoms with Crippen LogP contribution < -0.4 is 10.6 Å². The molecule has 2 N–H and O–H groups in total. The number of piperazine rings is 1. The van der Waals surface area contributed by atoms with Gasteiger partial charge in [-0.3, -0.25) is 9.80 Å². The Labute approximate surface area is 210 Å². The highest BCUT2D eigenvalue weighted by atomic mass is 127. The molecule has 0 unspecified atom stereocenters. The summed E-state index contributed by atoms with van der Waals surface area (Å²) in [6.45, 7) is 15.2. The van der Waals surface area contributed by atoms with Crippen molar-refractivity contribution in [2.75, 3.05) is 45.8 Å². The molecule has 1 fully saturated rings. The molecule has 8 heteroatoms. The number of hydrogen-bond donors (Lipinski definition) is 2. The summed E-state index contributed by atoms with van der Waals surface area (Å²) in [5.74, 6) is 1.81. The van der Waals surface area contributed by atoms with E-state index in [4.69, 9.17) is 9.52 Å². The SMILES string of the molecule is CCNC(=NCc1c(CC)noc1CC)NCCN1CCN(Cc2ccccc2)CC1.I. The highest BCUT2D eigenvalue weighted by molar-refractivity contribution is 14.0. The van der Waals surface area contributed by atoms with Gasteiger partial charge in [-0.25, -0.2) is 4.99 Å². The molecule has 1 aromatic carbocycles. The molecule has 1 aliphatic heterocycles. The van der Waals surface area contributed by atoms with E-state index in [1.165, 1.54) is 5.56 Å². The molecule has 7 nitrogen and oxygen atoms in total. The fraction of sp³-hybridized carbons (Fsp3) is 0.583. The average molecular weight is 555 g/mol. The van der Waals surface area contributed by atoms with Gasteiger partial charge in [0.2, 0.25) is 0 Å². The predicted molar refractivity (Wildman–Crippen MR) is 142 cm³/mol. The first kappa shape index (κ1) is 26.6. The van der Waals surface area contributed by atoms with E-state index in [0.717, 1.165) is 88.2 Å². The normalized spacial score (nSPS) is 15.4. The van der Waals surface area contributed by atoms with E-state index in [0.29, 0.717) is 6.54 Å². The molecule has 2 aromatic rings. The van der Waals surface area contributed by atoms with Crippen LogP contribution in [0.4, 0.5) is 0 Å². The van der Waals surface area contributed by atoms with Gasteiger partial charge >= 0.3 is 0 Å². The Morgan fingerprint density at radius 3 is 2.38 bits per heavy atom. The van der Waals surface area contributed by atoms with Crippen molar-refractivity contribution in [3.05, 3.63) is 52.9 Å². The smallest absolute Gasteiger partial charge is 0.191 e. The number of benzene rings is 1. The van der Waals surface area contributed by atoms with Gasteiger partial charge in [0.05, 0.1) is 12.2 Å². The molecule has 0 atom stereocenters. The lowest BCUT2D eigenvalue weighted by Gasteiger charge is -2.34. The monoisotopic (exact) mass is 554 g/mol. The first-order chi connectivity index (χ1) is 15.2. The van der Waals surface area contributed by atoms with Crippen molar-refractivity contribution in [1.29, 1.82) is 0 Å². The van der Waals surface area contributed by atoms with Crippen molar-refractivity contribution in [1.82, 2.24) is 25.6 Å². The van der Waals surface area contributed by atoms with E-state index >= 15 is 0 Å². The lowest BCUT2D eigenvalue weighted by molar-refractivity contribution is 0.129. The molecule has 3 rings (SSSR count). The maximum Gasteiger partial charge on any atom is 0.191 e. The van der Waals surface area contributed by atoms with Gasteiger partial charge in [-0.05, 0) is 18.9 Å². The molecule has 1 aromatic heterocycles. The molecule has 1 saturated heterocycles. The Kier molecular flexibility index (Phi) is 12.0. The number of guanidine groups is 1. The van der Waals surface area contributed by atoms with Crippen molar-refractivity contribution < 1.29 is 4.52 Å². The van der Waals surface area contributed by atoms with E-state index in [9.17, 15) is 0 Å². The van der Waals surface area contributed by atoms with Gasteiger partial charge in [0, 0.05) is 64.3 Å². The summed E-state index contributed by atoms with van der Waals surface area (Å²) in [4.78, 5) is 9.85. The predicted octanol–water partition coefficient (Wildman–Crippen LogP) is 3.29. The maximum atomic E-state index is 5.46. The molecular weight excluding hydrogens is 515 g/mol. The molecule has 0 amide bonds. The minimum Gasteiger partial charge on any atom is -0.361 e. The Hall–Kier alpha value is -1.65. The summed E-state index contributed by atoms with van der Waals surface area (Å²) in [6.07, 6.45) is 1.71. The van der Waals surface area contributed by atoms with Gasteiger partial charge in [0.1, 0.15) is 5.76 Å². The zero-order valence-corrected chi connectivity index (χ0v) is 22.1. The molecule has 0 aliphatic carbocycles. The van der Waals surface area contributed by atoms with Gasteiger partial charge in [-0.1, -0.05) is 49.3 Å². The van der Waals surface area contributed by atoms with Crippen LogP contribution in [0.2, 0.25) is 0 Å². The van der Waals surface area contributed by atoms with Crippen LogP contribution in [0.25, 0.3) is 0 Å². The Bertz CT molecular complexity index is 781. The highest BCUT2D eigenvalue weighted by Gasteiger charge is 2.17. The Morgan fingerprint density at radius 2 is 1.72 bits per heavy atom. The lowest BCUT2D eigenvalue weighted by atomic mass is 10.1. The van der Waals surface area contributed by atoms with Crippen LogP contribution in [0.5, 0.6) is 0 Å². The first-order valence-corrected chi connectivity index (χ1v) is 11.7. The maximum absolute atomic E-state index is 5.46. The minimum atomic E-state index is 0. The van der Waals surface area contributed by atoms with E-state index in [2.05, 4.69) is 76.7 Å². The van der Waals surface area contributed by atoms with Crippen molar-refractivity contribution in [2.24, 2.45) is 4.99 Å². The second-order valence-corrected chi connectivity index (χ2v) is 7.96. The van der Waals surface area contributed by atoms with Gasteiger partial charge in [0.25, 0.3) is 0 Å². The van der Waals surface area contributed by atoms with E-state index in [1.54, 1.807) is 0 Å². The fourth-order valence-corrected chi connectivity index (χ4v) is 3.96. The molecule has 1 aliphatic rings. The highest BCUT2D eigenvalue weighted by Crippen LogP contribution is 2.16. The van der Waals surface area contributed by atoms with Crippen molar-refractivity contribution in [3.8, 4) is 0 Å². The van der Waals surface area contributed by atoms with Crippen LogP contribution >= 0.6 is 24.0 Å². The molecular formula is C24H39IN6O. The van der Waals surface area contributed by atoms with Crippen LogP contribution in [0.15, 0.2) is 39.8 Å². The lowest BCUT2D eigenvalue weighted by Crippen LogP contribution is -2.49. The third kappa shape index (κ3) is 8.04. The third-order valence-corrected chi connectivity index (χ3v) is 5.78. The number of aryl methyl sites for hydroxylation is 2. The number of rotatable bonds is 10. The van der Waals surface area contributed by atoms with Gasteiger partial charge in [-0.15, -0.1) is 24.0 Å². The number of aromatic nitrogens is 1. The minimum absolute atomic E-state index is 0. The average Bonchev–Trinajstić information content (AvgIpc) is 3.21. The van der Waals surface area contributed by atoms with E-state index in [-0.39, 0.29) is 24.0 Å². The van der Waals surface area contributed by atoms with Crippen LogP contribution in [0, 0.1) is 0 Å². The Morgan fingerprint density at radius 1 is 1.00 bits per heavy atom. The number of hydrogen-bond acceptors (Lipinski definition) is 5. The third-order valence-electron chi connectivity index (χ3n) is 5.78. The number of halogens is 1. The van der Waals surface area contributed by atoms with Crippen molar-refractivity contribution in [3.63, 3.8) is 0 Å². The molecule has 32 heavy (non-hydrogen) atoms. The van der Waals surface area contributed by atoms with Gasteiger partial charge in [0.15, 0.2) is 5.96 Å². The van der Waals surface area contributed by atoms with Gasteiger partial charge < -0.3 is 15.2 Å². The second kappa shape index (κ2) is 14.5. The zero-order chi connectivity index (χ0) is 21.9. The Balaban J connectivity index is 0.00000363. The van der Waals surface area contributed by atoms with Gasteiger partial charge in [-0.2, -0.15) is 0 Å². The summed E-state index contributed by atoms with van der Waals surface area (Å²) in [6, 6.07) is 10.7. The number of aliphatic imine (C=N–C) groups is 1. The fourth-order valence-electron chi connectivity index (χ4n) is 3.96. The molecule has 0 bridgehead atoms. The molecule has 0 saturated carbocycles. The van der Waals surface area contributed by atoms with Crippen LogP contribution in [0.1, 0.15) is 43.4 Å². The second-order valence-electron chi connectivity index (χ2n) is 7.96. The summed E-state index contributed by atoms with van der Waals surface area (Å²) in [5.41, 5.74) is 3.55. The summed E-state index contributed by atoms with van der Waals surface area (Å²) in [7, 11) is 0. The molecule has 2 heterocycles. The van der Waals surface area contributed by atoms with Crippen LogP contribution in [-0.4, -0.2) is 66.7 Å². The molecule has 0 radical (unpaired) electrons. The van der Waals surface area contributed by atoms with E-state index in [1.807, 2.05) is 0 Å². The standard InChI is InChI=1S/C24H38N6O.HI/c1-4-22-21(23(5-2)31-28-22)18-27-24(25-6-3)26-12-13-29-14-16-30(17-15-29)19-20-10-8-7-9-11-20;/h7-11H,4-6,12-19H2,1-3H3,(H2,25,26,27);1H. The summed E-state index contributed by atoms with van der Waals surface area (Å²) >= 11 is 0. The van der Waals surface area contributed by atoms with Crippen molar-refractivity contribution in [2.45, 2.75) is 46.7 Å². The first-order valence-electron chi connectivity index (χ1n) is 11.7. The van der Waals surface area contributed by atoms with Crippen LogP contribution in [-0.2, 0) is 25.9 Å². The number of nitrogens with one attached hydrogen (secondary N) is 2. The molecule has 178 valence electrons.